The molecule has 0 aliphatic heterocycles. The summed E-state index contributed by atoms with van der Waals surface area (Å²) in [5.41, 5.74) is 8.90. The van der Waals surface area contributed by atoms with Crippen molar-refractivity contribution in [1.82, 2.24) is 9.55 Å². The van der Waals surface area contributed by atoms with Crippen molar-refractivity contribution in [3.8, 4) is 28.6 Å². The molecule has 3 N–H and O–H groups in total. The number of imidazole rings is 1. The highest BCUT2D eigenvalue weighted by Gasteiger charge is 2.23. The molecular weight excluding hydrogens is 340 g/mol. The Morgan fingerprint density at radius 2 is 1.74 bits per heavy atom. The number of nitriles is 1. The van der Waals surface area contributed by atoms with Gasteiger partial charge in [0.1, 0.15) is 19.4 Å². The van der Waals surface area contributed by atoms with Gasteiger partial charge in [0.15, 0.2) is 11.7 Å². The molecule has 3 aromatic rings. The molecule has 0 saturated heterocycles. The van der Waals surface area contributed by atoms with Crippen molar-refractivity contribution in [2.45, 2.75) is 6.54 Å². The van der Waals surface area contributed by atoms with Crippen LogP contribution in [0.15, 0.2) is 65.8 Å². The molecule has 2 aromatic carbocycles. The molecule has 0 fully saturated rings. The van der Waals surface area contributed by atoms with Crippen LogP contribution in [-0.2, 0) is 11.4 Å². The van der Waals surface area contributed by atoms with Crippen LogP contribution in [0.4, 0.5) is 0 Å². The van der Waals surface area contributed by atoms with Crippen LogP contribution in [0.1, 0.15) is 5.82 Å². The van der Waals surface area contributed by atoms with Gasteiger partial charge in [0.05, 0.1) is 17.5 Å². The minimum absolute atomic E-state index is 0.0159. The van der Waals surface area contributed by atoms with Crippen LogP contribution >= 0.6 is 0 Å². The van der Waals surface area contributed by atoms with Crippen LogP contribution in [0.5, 0.6) is 0 Å². The Labute approximate surface area is 156 Å². The van der Waals surface area contributed by atoms with E-state index in [1.54, 1.807) is 4.57 Å². The third kappa shape index (κ3) is 3.55. The lowest BCUT2D eigenvalue weighted by atomic mass is 10.0. The Morgan fingerprint density at radius 1 is 1.15 bits per heavy atom. The average molecular weight is 358 g/mol. The van der Waals surface area contributed by atoms with Gasteiger partial charge in [0.25, 0.3) is 0 Å². The summed E-state index contributed by atoms with van der Waals surface area (Å²) in [5, 5.41) is 21.3. The maximum Gasteiger partial charge on any atom is 0.192 e. The highest BCUT2D eigenvalue weighted by atomic mass is 16.6. The van der Waals surface area contributed by atoms with Gasteiger partial charge < -0.3 is 15.1 Å². The van der Waals surface area contributed by atoms with Gasteiger partial charge >= 0.3 is 0 Å². The lowest BCUT2D eigenvalue weighted by Crippen LogP contribution is -2.27. The fraction of sp³-hybridized carbons (Fsp3) is 0.100. The number of aromatic nitrogens is 2. The molecule has 134 valence electrons. The standard InChI is InChI=1S/C20H18N6O/c1-27-25-19(23)16(22)20-24-17(14-8-4-2-5-9-14)18(26(20)13-12-21)15-10-6-3-7-11-15/h2-11,22H,13H2,1H3,(H2,23,25). The van der Waals surface area contributed by atoms with E-state index in [-0.39, 0.29) is 23.9 Å². The lowest BCUT2D eigenvalue weighted by molar-refractivity contribution is 0.214. The number of nitrogens with zero attached hydrogens (tertiary/aromatic N) is 4. The molecule has 0 amide bonds. The topological polar surface area (TPSA) is 113 Å². The molecule has 0 saturated carbocycles. The van der Waals surface area contributed by atoms with Gasteiger partial charge in [0, 0.05) is 11.1 Å². The monoisotopic (exact) mass is 358 g/mol. The molecule has 27 heavy (non-hydrogen) atoms. The van der Waals surface area contributed by atoms with Crippen LogP contribution in [0.3, 0.4) is 0 Å². The van der Waals surface area contributed by atoms with Crippen LogP contribution in [0.25, 0.3) is 22.5 Å². The zero-order valence-electron chi connectivity index (χ0n) is 14.8. The fourth-order valence-corrected chi connectivity index (χ4v) is 2.81. The van der Waals surface area contributed by atoms with Gasteiger partial charge in [0.2, 0.25) is 0 Å². The molecule has 0 aliphatic carbocycles. The van der Waals surface area contributed by atoms with Gasteiger partial charge in [-0.1, -0.05) is 65.8 Å². The highest BCUT2D eigenvalue weighted by Crippen LogP contribution is 2.33. The zero-order chi connectivity index (χ0) is 19.2. The smallest absolute Gasteiger partial charge is 0.192 e. The van der Waals surface area contributed by atoms with Crippen molar-refractivity contribution in [2.75, 3.05) is 7.11 Å². The predicted molar refractivity (Wildman–Crippen MR) is 104 cm³/mol. The lowest BCUT2D eigenvalue weighted by Gasteiger charge is -2.10. The summed E-state index contributed by atoms with van der Waals surface area (Å²) >= 11 is 0. The third-order valence-electron chi connectivity index (χ3n) is 3.96. The largest absolute Gasteiger partial charge is 0.397 e. The summed E-state index contributed by atoms with van der Waals surface area (Å²) in [6.45, 7) is 0.0159. The van der Waals surface area contributed by atoms with Crippen molar-refractivity contribution >= 4 is 11.5 Å². The van der Waals surface area contributed by atoms with Crippen molar-refractivity contribution < 1.29 is 4.84 Å². The molecule has 0 bridgehead atoms. The zero-order valence-corrected chi connectivity index (χ0v) is 14.8. The van der Waals surface area contributed by atoms with E-state index >= 15 is 0 Å². The number of benzene rings is 2. The van der Waals surface area contributed by atoms with Crippen LogP contribution in [0.2, 0.25) is 0 Å². The molecular formula is C20H18N6O. The second-order valence-corrected chi connectivity index (χ2v) is 5.64. The first-order chi connectivity index (χ1) is 13.2. The molecule has 0 spiro atoms. The molecule has 7 heteroatoms. The number of nitrogens with two attached hydrogens (primary N) is 1. The first-order valence-corrected chi connectivity index (χ1v) is 8.21. The number of hydrogen-bond acceptors (Lipinski definition) is 5. The van der Waals surface area contributed by atoms with E-state index in [0.29, 0.717) is 5.69 Å². The second-order valence-electron chi connectivity index (χ2n) is 5.64. The van der Waals surface area contributed by atoms with Crippen LogP contribution in [0, 0.1) is 16.7 Å². The van der Waals surface area contributed by atoms with Crippen LogP contribution < -0.4 is 5.73 Å². The number of oxime groups is 1. The Kier molecular flexibility index (Phi) is 5.28. The molecule has 0 atom stereocenters. The molecule has 3 rings (SSSR count). The summed E-state index contributed by atoms with van der Waals surface area (Å²) in [5.74, 6) is 0.147. The number of rotatable bonds is 6. The first-order valence-electron chi connectivity index (χ1n) is 8.21. The number of hydrogen-bond donors (Lipinski definition) is 2. The molecule has 0 unspecified atom stereocenters. The summed E-state index contributed by atoms with van der Waals surface area (Å²) in [7, 11) is 1.35. The maximum atomic E-state index is 9.36. The SMILES string of the molecule is CO/N=C(/N)C(=N)c1nc(-c2ccccc2)c(-c2ccccc2)n1CC#N. The van der Waals surface area contributed by atoms with Crippen LogP contribution in [-0.4, -0.2) is 28.2 Å². The van der Waals surface area contributed by atoms with Gasteiger partial charge in [-0.2, -0.15) is 5.26 Å². The summed E-state index contributed by atoms with van der Waals surface area (Å²) < 4.78 is 1.68. The summed E-state index contributed by atoms with van der Waals surface area (Å²) in [6, 6.07) is 21.4. The minimum Gasteiger partial charge on any atom is -0.397 e. The predicted octanol–water partition coefficient (Wildman–Crippen LogP) is 3.03. The third-order valence-corrected chi connectivity index (χ3v) is 3.96. The van der Waals surface area contributed by atoms with Gasteiger partial charge in [-0.05, 0) is 0 Å². The van der Waals surface area contributed by atoms with E-state index in [1.165, 1.54) is 7.11 Å². The fourth-order valence-electron chi connectivity index (χ4n) is 2.81. The molecule has 0 radical (unpaired) electrons. The molecule has 0 aliphatic rings. The van der Waals surface area contributed by atoms with Crippen molar-refractivity contribution in [2.24, 2.45) is 10.9 Å². The van der Waals surface area contributed by atoms with Crippen molar-refractivity contribution in [3.63, 3.8) is 0 Å². The Bertz CT molecular complexity index is 1020. The normalized spacial score (nSPS) is 11.0. The van der Waals surface area contributed by atoms with E-state index in [0.717, 1.165) is 16.8 Å². The van der Waals surface area contributed by atoms with E-state index < -0.39 is 0 Å². The van der Waals surface area contributed by atoms with E-state index in [9.17, 15) is 5.26 Å². The van der Waals surface area contributed by atoms with Gasteiger partial charge in [-0.3, -0.25) is 5.41 Å². The number of nitrogens with one attached hydrogen (secondary N) is 1. The highest BCUT2D eigenvalue weighted by molar-refractivity contribution is 6.45. The molecule has 1 heterocycles. The maximum absolute atomic E-state index is 9.36. The van der Waals surface area contributed by atoms with Gasteiger partial charge in [-0.15, -0.1) is 0 Å². The Balaban J connectivity index is 2.30. The second kappa shape index (κ2) is 7.97. The Morgan fingerprint density at radius 3 is 2.30 bits per heavy atom. The van der Waals surface area contributed by atoms with E-state index in [4.69, 9.17) is 11.1 Å². The molecule has 1 aromatic heterocycles. The molecule has 7 nitrogen and oxygen atoms in total. The minimum atomic E-state index is -0.110. The van der Waals surface area contributed by atoms with Crippen molar-refractivity contribution in [1.29, 1.82) is 10.7 Å². The quantitative estimate of drug-likeness (QED) is 0.400. The summed E-state index contributed by atoms with van der Waals surface area (Å²) in [6.07, 6.45) is 0. The summed E-state index contributed by atoms with van der Waals surface area (Å²) in [4.78, 5) is 9.32. The Hall–Kier alpha value is -3.92. The van der Waals surface area contributed by atoms with Crippen molar-refractivity contribution in [3.05, 3.63) is 66.5 Å². The average Bonchev–Trinajstić information content (AvgIpc) is 3.08. The number of amidine groups is 1. The first kappa shape index (κ1) is 17.9. The van der Waals surface area contributed by atoms with E-state index in [2.05, 4.69) is 21.0 Å². The van der Waals surface area contributed by atoms with E-state index in [1.807, 2.05) is 60.7 Å². The van der Waals surface area contributed by atoms with Gasteiger partial charge in [-0.25, -0.2) is 4.98 Å².